The van der Waals surface area contributed by atoms with Crippen molar-refractivity contribution in [3.05, 3.63) is 54.9 Å². The Morgan fingerprint density at radius 3 is 3.15 bits per heavy atom. The second kappa shape index (κ2) is 8.67. The largest absolute Gasteiger partial charge is 0.497 e. The molecule has 26 heavy (non-hydrogen) atoms. The van der Waals surface area contributed by atoms with Crippen LogP contribution in [0, 0.1) is 0 Å². The Morgan fingerprint density at radius 1 is 1.46 bits per heavy atom. The second-order valence-corrected chi connectivity index (χ2v) is 6.49. The third kappa shape index (κ3) is 4.32. The molecular formula is C20H26N4O2. The summed E-state index contributed by atoms with van der Waals surface area (Å²) in [6, 6.07) is 8.05. The first-order chi connectivity index (χ1) is 12.7. The van der Waals surface area contributed by atoms with Crippen LogP contribution in [-0.2, 0) is 11.3 Å². The second-order valence-electron chi connectivity index (χ2n) is 6.49. The zero-order valence-corrected chi connectivity index (χ0v) is 15.2. The van der Waals surface area contributed by atoms with E-state index < -0.39 is 0 Å². The summed E-state index contributed by atoms with van der Waals surface area (Å²) in [7, 11) is 1.65. The summed E-state index contributed by atoms with van der Waals surface area (Å²) in [5.74, 6) is 1.02. The smallest absolute Gasteiger partial charge is 0.223 e. The van der Waals surface area contributed by atoms with Crippen LogP contribution >= 0.6 is 0 Å². The summed E-state index contributed by atoms with van der Waals surface area (Å²) in [6.07, 6.45) is 8.19. The molecule has 1 unspecified atom stereocenters. The van der Waals surface area contributed by atoms with Crippen molar-refractivity contribution in [3.63, 3.8) is 0 Å². The Labute approximate surface area is 154 Å². The van der Waals surface area contributed by atoms with Gasteiger partial charge in [-0.05, 0) is 31.5 Å². The molecule has 1 amide bonds. The van der Waals surface area contributed by atoms with E-state index in [1.54, 1.807) is 7.11 Å². The standard InChI is InChI=1S/C20H26N4O2/c1-3-10-21-11-9-17-7-8-20(25)23(17)14-16-13-22-24(15-16)18-5-4-6-19(12-18)26-2/h3-6,12-13,15,17,21H,1,7-11,14H2,2H3. The first kappa shape index (κ1) is 18.2. The van der Waals surface area contributed by atoms with Crippen LogP contribution in [0.1, 0.15) is 24.8 Å². The molecule has 1 fully saturated rings. The van der Waals surface area contributed by atoms with E-state index in [1.165, 1.54) is 0 Å². The Hall–Kier alpha value is -2.60. The van der Waals surface area contributed by atoms with Crippen LogP contribution in [0.2, 0.25) is 0 Å². The molecule has 6 heteroatoms. The molecule has 1 saturated heterocycles. The van der Waals surface area contributed by atoms with E-state index in [2.05, 4.69) is 17.0 Å². The highest BCUT2D eigenvalue weighted by molar-refractivity contribution is 5.78. The van der Waals surface area contributed by atoms with Gasteiger partial charge in [-0.15, -0.1) is 6.58 Å². The minimum absolute atomic E-state index is 0.229. The van der Waals surface area contributed by atoms with Gasteiger partial charge in [0.05, 0.1) is 19.0 Å². The Kier molecular flexibility index (Phi) is 6.07. The van der Waals surface area contributed by atoms with Crippen LogP contribution in [-0.4, -0.2) is 46.8 Å². The van der Waals surface area contributed by atoms with Crippen LogP contribution in [0.3, 0.4) is 0 Å². The molecule has 1 atom stereocenters. The van der Waals surface area contributed by atoms with Crippen molar-refractivity contribution in [1.82, 2.24) is 20.0 Å². The number of likely N-dealkylation sites (tertiary alicyclic amines) is 1. The average Bonchev–Trinajstić information content (AvgIpc) is 3.27. The van der Waals surface area contributed by atoms with E-state index in [4.69, 9.17) is 4.74 Å². The molecule has 1 aliphatic rings. The molecule has 2 aromatic rings. The molecule has 0 radical (unpaired) electrons. The fraction of sp³-hybridized carbons (Fsp3) is 0.400. The van der Waals surface area contributed by atoms with Gasteiger partial charge in [0.2, 0.25) is 5.91 Å². The molecule has 0 aliphatic carbocycles. The molecule has 1 N–H and O–H groups in total. The summed E-state index contributed by atoms with van der Waals surface area (Å²) < 4.78 is 7.09. The normalized spacial score (nSPS) is 16.9. The number of hydrogen-bond acceptors (Lipinski definition) is 4. The van der Waals surface area contributed by atoms with Gasteiger partial charge in [0.15, 0.2) is 0 Å². The van der Waals surface area contributed by atoms with Crippen molar-refractivity contribution in [2.45, 2.75) is 31.8 Å². The monoisotopic (exact) mass is 354 g/mol. The third-order valence-electron chi connectivity index (χ3n) is 4.70. The first-order valence-corrected chi connectivity index (χ1v) is 9.00. The Bertz CT molecular complexity index is 756. The molecule has 1 aromatic heterocycles. The van der Waals surface area contributed by atoms with E-state index >= 15 is 0 Å². The summed E-state index contributed by atoms with van der Waals surface area (Å²) in [6.45, 7) is 6.00. The van der Waals surface area contributed by atoms with Crippen molar-refractivity contribution >= 4 is 5.91 Å². The van der Waals surface area contributed by atoms with Gasteiger partial charge in [0.25, 0.3) is 0 Å². The van der Waals surface area contributed by atoms with Gasteiger partial charge in [-0.2, -0.15) is 5.10 Å². The molecular weight excluding hydrogens is 328 g/mol. The molecule has 2 heterocycles. The fourth-order valence-electron chi connectivity index (χ4n) is 3.32. The topological polar surface area (TPSA) is 59.4 Å². The highest BCUT2D eigenvalue weighted by Crippen LogP contribution is 2.24. The Morgan fingerprint density at radius 2 is 2.35 bits per heavy atom. The van der Waals surface area contributed by atoms with Crippen molar-refractivity contribution in [1.29, 1.82) is 0 Å². The number of nitrogens with one attached hydrogen (secondary N) is 1. The molecule has 0 bridgehead atoms. The number of carbonyl (C=O) groups excluding carboxylic acids is 1. The zero-order chi connectivity index (χ0) is 18.4. The number of amides is 1. The van der Waals surface area contributed by atoms with Gasteiger partial charge in [0, 0.05) is 43.4 Å². The molecule has 1 aromatic carbocycles. The van der Waals surface area contributed by atoms with Crippen LogP contribution in [0.4, 0.5) is 0 Å². The summed E-state index contributed by atoms with van der Waals surface area (Å²) in [5.41, 5.74) is 1.97. The van der Waals surface area contributed by atoms with E-state index in [0.29, 0.717) is 19.0 Å². The lowest BCUT2D eigenvalue weighted by molar-refractivity contribution is -0.129. The first-order valence-electron chi connectivity index (χ1n) is 9.00. The van der Waals surface area contributed by atoms with Crippen molar-refractivity contribution in [2.75, 3.05) is 20.2 Å². The summed E-state index contributed by atoms with van der Waals surface area (Å²) >= 11 is 0. The zero-order valence-electron chi connectivity index (χ0n) is 15.2. The maximum absolute atomic E-state index is 12.3. The molecule has 0 spiro atoms. The average molecular weight is 354 g/mol. The lowest BCUT2D eigenvalue weighted by atomic mass is 10.1. The quantitative estimate of drug-likeness (QED) is 0.555. The van der Waals surface area contributed by atoms with Gasteiger partial charge in [0.1, 0.15) is 5.75 Å². The predicted octanol–water partition coefficient (Wildman–Crippen LogP) is 2.54. The maximum Gasteiger partial charge on any atom is 0.223 e. The predicted molar refractivity (Wildman–Crippen MR) is 101 cm³/mol. The molecule has 0 saturated carbocycles. The lowest BCUT2D eigenvalue weighted by Crippen LogP contribution is -2.34. The number of methoxy groups -OCH3 is 1. The van der Waals surface area contributed by atoms with Gasteiger partial charge in [-0.25, -0.2) is 4.68 Å². The summed E-state index contributed by atoms with van der Waals surface area (Å²) in [5, 5.41) is 7.75. The van der Waals surface area contributed by atoms with Gasteiger partial charge >= 0.3 is 0 Å². The minimum atomic E-state index is 0.229. The van der Waals surface area contributed by atoms with E-state index in [0.717, 1.165) is 42.9 Å². The highest BCUT2D eigenvalue weighted by Gasteiger charge is 2.30. The highest BCUT2D eigenvalue weighted by atomic mass is 16.5. The van der Waals surface area contributed by atoms with Crippen molar-refractivity contribution in [2.24, 2.45) is 0 Å². The number of carbonyl (C=O) groups is 1. The molecule has 1 aliphatic heterocycles. The van der Waals surface area contributed by atoms with Crippen LogP contribution in [0.15, 0.2) is 49.3 Å². The number of benzene rings is 1. The lowest BCUT2D eigenvalue weighted by Gasteiger charge is -2.24. The van der Waals surface area contributed by atoms with Gasteiger partial charge in [-0.3, -0.25) is 4.79 Å². The number of aromatic nitrogens is 2. The van der Waals surface area contributed by atoms with Gasteiger partial charge < -0.3 is 15.0 Å². The van der Waals surface area contributed by atoms with E-state index in [-0.39, 0.29) is 5.91 Å². The third-order valence-corrected chi connectivity index (χ3v) is 4.70. The fourth-order valence-corrected chi connectivity index (χ4v) is 3.32. The van der Waals surface area contributed by atoms with Crippen molar-refractivity contribution in [3.8, 4) is 11.4 Å². The van der Waals surface area contributed by atoms with Crippen molar-refractivity contribution < 1.29 is 9.53 Å². The molecule has 6 nitrogen and oxygen atoms in total. The minimum Gasteiger partial charge on any atom is -0.497 e. The van der Waals surface area contributed by atoms with E-state index in [9.17, 15) is 4.79 Å². The summed E-state index contributed by atoms with van der Waals surface area (Å²) in [4.78, 5) is 14.3. The van der Waals surface area contributed by atoms with Crippen LogP contribution in [0.25, 0.3) is 5.69 Å². The maximum atomic E-state index is 12.3. The molecule has 3 rings (SSSR count). The Balaban J connectivity index is 1.65. The number of hydrogen-bond donors (Lipinski definition) is 1. The number of rotatable bonds is 9. The molecule has 138 valence electrons. The number of nitrogens with zero attached hydrogens (tertiary/aromatic N) is 3. The van der Waals surface area contributed by atoms with E-state index in [1.807, 2.05) is 52.3 Å². The van der Waals surface area contributed by atoms with Crippen LogP contribution < -0.4 is 10.1 Å². The van der Waals surface area contributed by atoms with Crippen LogP contribution in [0.5, 0.6) is 5.75 Å². The number of ether oxygens (including phenoxy) is 1. The van der Waals surface area contributed by atoms with Gasteiger partial charge in [-0.1, -0.05) is 12.1 Å². The SMILES string of the molecule is C=CCNCCC1CCC(=O)N1Cc1cnn(-c2cccc(OC)c2)c1.